The Bertz CT molecular complexity index is 493. The summed E-state index contributed by atoms with van der Waals surface area (Å²) in [5, 5.41) is 10.2. The van der Waals surface area contributed by atoms with E-state index in [4.69, 9.17) is 9.47 Å². The molecule has 0 aromatic heterocycles. The van der Waals surface area contributed by atoms with E-state index in [0.717, 1.165) is 44.4 Å². The zero-order chi connectivity index (χ0) is 16.1. The van der Waals surface area contributed by atoms with Gasteiger partial charge in [0, 0.05) is 19.2 Å². The molecule has 3 atom stereocenters. The number of hydrogen-bond donors (Lipinski definition) is 1. The Labute approximate surface area is 137 Å². The third kappa shape index (κ3) is 4.73. The molecule has 5 heteroatoms. The molecule has 0 aliphatic carbocycles. The number of aliphatic hydroxyl groups excluding tert-OH is 1. The summed E-state index contributed by atoms with van der Waals surface area (Å²) in [5.74, 6) is -0.199. The lowest BCUT2D eigenvalue weighted by molar-refractivity contribution is -0.0261. The quantitative estimate of drug-likeness (QED) is 0.837. The van der Waals surface area contributed by atoms with Crippen LogP contribution in [-0.4, -0.2) is 55.1 Å². The van der Waals surface area contributed by atoms with Gasteiger partial charge in [-0.3, -0.25) is 4.90 Å². The SMILES string of the molecule is O[C@H](COC[C@H]1CCCO1)CN1CCC[C@@H]1c1cccc(F)c1. The standard InChI is InChI=1S/C18H26FNO3/c19-15-5-1-4-14(10-15)18-7-2-8-20(18)11-16(21)12-22-13-17-6-3-9-23-17/h1,4-5,10,16-18,21H,2-3,6-9,11-13H2/t16-,17+,18+/m0/s1. The molecule has 0 unspecified atom stereocenters. The lowest BCUT2D eigenvalue weighted by Crippen LogP contribution is -2.35. The van der Waals surface area contributed by atoms with Gasteiger partial charge in [-0.05, 0) is 49.9 Å². The minimum Gasteiger partial charge on any atom is -0.389 e. The number of nitrogens with zero attached hydrogens (tertiary/aromatic N) is 1. The fraction of sp³-hybridized carbons (Fsp3) is 0.667. The van der Waals surface area contributed by atoms with E-state index in [-0.39, 0.29) is 18.0 Å². The minimum absolute atomic E-state index is 0.189. The van der Waals surface area contributed by atoms with Crippen molar-refractivity contribution in [1.29, 1.82) is 0 Å². The monoisotopic (exact) mass is 323 g/mol. The van der Waals surface area contributed by atoms with Gasteiger partial charge in [0.2, 0.25) is 0 Å². The molecule has 1 aromatic carbocycles. The van der Waals surface area contributed by atoms with Crippen molar-refractivity contribution in [2.75, 3.05) is 32.9 Å². The van der Waals surface area contributed by atoms with E-state index in [1.807, 2.05) is 6.07 Å². The Morgan fingerprint density at radius 1 is 1.35 bits per heavy atom. The molecule has 2 saturated heterocycles. The fourth-order valence-corrected chi connectivity index (χ4v) is 3.57. The van der Waals surface area contributed by atoms with Gasteiger partial charge in [0.05, 0.1) is 25.4 Å². The fourth-order valence-electron chi connectivity index (χ4n) is 3.57. The van der Waals surface area contributed by atoms with Crippen molar-refractivity contribution < 1.29 is 19.0 Å². The largest absolute Gasteiger partial charge is 0.389 e. The Morgan fingerprint density at radius 3 is 3.04 bits per heavy atom. The third-order valence-corrected chi connectivity index (χ3v) is 4.68. The second-order valence-electron chi connectivity index (χ2n) is 6.53. The third-order valence-electron chi connectivity index (χ3n) is 4.68. The number of hydrogen-bond acceptors (Lipinski definition) is 4. The molecule has 23 heavy (non-hydrogen) atoms. The molecule has 0 amide bonds. The summed E-state index contributed by atoms with van der Waals surface area (Å²) in [6.07, 6.45) is 3.89. The minimum atomic E-state index is -0.523. The van der Waals surface area contributed by atoms with Gasteiger partial charge in [0.25, 0.3) is 0 Å². The molecule has 2 fully saturated rings. The van der Waals surface area contributed by atoms with Gasteiger partial charge in [0.1, 0.15) is 5.82 Å². The molecule has 2 aliphatic rings. The summed E-state index contributed by atoms with van der Waals surface area (Å²) in [6, 6.07) is 6.98. The summed E-state index contributed by atoms with van der Waals surface area (Å²) in [7, 11) is 0. The normalized spacial score (nSPS) is 26.7. The molecule has 4 nitrogen and oxygen atoms in total. The molecule has 128 valence electrons. The maximum Gasteiger partial charge on any atom is 0.123 e. The Morgan fingerprint density at radius 2 is 2.26 bits per heavy atom. The van der Waals surface area contributed by atoms with E-state index in [9.17, 15) is 9.50 Å². The average molecular weight is 323 g/mol. The second-order valence-corrected chi connectivity index (χ2v) is 6.53. The molecule has 2 heterocycles. The number of rotatable bonds is 7. The van der Waals surface area contributed by atoms with Gasteiger partial charge in [0.15, 0.2) is 0 Å². The van der Waals surface area contributed by atoms with Crippen molar-refractivity contribution in [2.45, 2.75) is 43.9 Å². The molecule has 0 bridgehead atoms. The molecule has 3 rings (SSSR count). The molecule has 2 aliphatic heterocycles. The van der Waals surface area contributed by atoms with Crippen LogP contribution in [0.15, 0.2) is 24.3 Å². The number of ether oxygens (including phenoxy) is 2. The topological polar surface area (TPSA) is 41.9 Å². The molecule has 0 radical (unpaired) electrons. The first-order chi connectivity index (χ1) is 11.2. The van der Waals surface area contributed by atoms with Crippen molar-refractivity contribution in [3.05, 3.63) is 35.6 Å². The van der Waals surface area contributed by atoms with Gasteiger partial charge < -0.3 is 14.6 Å². The predicted octanol–water partition coefficient (Wildman–Crippen LogP) is 2.52. The highest BCUT2D eigenvalue weighted by Crippen LogP contribution is 2.32. The van der Waals surface area contributed by atoms with Crippen LogP contribution >= 0.6 is 0 Å². The van der Waals surface area contributed by atoms with Crippen LogP contribution in [-0.2, 0) is 9.47 Å². The number of likely N-dealkylation sites (tertiary alicyclic amines) is 1. The van der Waals surface area contributed by atoms with E-state index in [1.54, 1.807) is 12.1 Å². The zero-order valence-corrected chi connectivity index (χ0v) is 13.5. The zero-order valence-electron chi connectivity index (χ0n) is 13.5. The molecule has 1 N–H and O–H groups in total. The van der Waals surface area contributed by atoms with Crippen LogP contribution in [0.5, 0.6) is 0 Å². The predicted molar refractivity (Wildman–Crippen MR) is 85.7 cm³/mol. The number of halogens is 1. The van der Waals surface area contributed by atoms with Gasteiger partial charge in [-0.15, -0.1) is 0 Å². The summed E-state index contributed by atoms with van der Waals surface area (Å²) in [6.45, 7) is 3.20. The van der Waals surface area contributed by atoms with E-state index < -0.39 is 6.10 Å². The summed E-state index contributed by atoms with van der Waals surface area (Å²) in [4.78, 5) is 2.23. The van der Waals surface area contributed by atoms with Crippen LogP contribution in [0.4, 0.5) is 4.39 Å². The highest BCUT2D eigenvalue weighted by atomic mass is 19.1. The highest BCUT2D eigenvalue weighted by Gasteiger charge is 2.28. The first-order valence-electron chi connectivity index (χ1n) is 8.59. The van der Waals surface area contributed by atoms with Gasteiger partial charge in [-0.25, -0.2) is 4.39 Å². The Balaban J connectivity index is 1.46. The summed E-state index contributed by atoms with van der Waals surface area (Å²) < 4.78 is 24.5. The number of aliphatic hydroxyl groups is 1. The highest BCUT2D eigenvalue weighted by molar-refractivity contribution is 5.21. The Hall–Kier alpha value is -1.01. The van der Waals surface area contributed by atoms with E-state index >= 15 is 0 Å². The first-order valence-corrected chi connectivity index (χ1v) is 8.59. The average Bonchev–Trinajstić information content (AvgIpc) is 3.19. The van der Waals surface area contributed by atoms with Crippen molar-refractivity contribution in [3.8, 4) is 0 Å². The maximum absolute atomic E-state index is 13.4. The lowest BCUT2D eigenvalue weighted by Gasteiger charge is -2.27. The van der Waals surface area contributed by atoms with Crippen LogP contribution in [0.25, 0.3) is 0 Å². The smallest absolute Gasteiger partial charge is 0.123 e. The second kappa shape index (κ2) is 8.20. The van der Waals surface area contributed by atoms with Crippen molar-refractivity contribution in [2.24, 2.45) is 0 Å². The molecule has 0 spiro atoms. The van der Waals surface area contributed by atoms with Crippen LogP contribution < -0.4 is 0 Å². The molecular weight excluding hydrogens is 297 g/mol. The van der Waals surface area contributed by atoms with E-state index in [2.05, 4.69) is 4.90 Å². The molecule has 1 aromatic rings. The van der Waals surface area contributed by atoms with E-state index in [0.29, 0.717) is 19.8 Å². The number of β-amino-alcohol motifs (C(OH)–C–C–N with tert-alkyl or cyclic N) is 1. The molecular formula is C18H26FNO3. The van der Waals surface area contributed by atoms with Crippen molar-refractivity contribution in [1.82, 2.24) is 4.90 Å². The Kier molecular flexibility index (Phi) is 6.00. The van der Waals surface area contributed by atoms with Crippen molar-refractivity contribution in [3.63, 3.8) is 0 Å². The van der Waals surface area contributed by atoms with Crippen LogP contribution in [0, 0.1) is 5.82 Å². The van der Waals surface area contributed by atoms with Gasteiger partial charge >= 0.3 is 0 Å². The summed E-state index contributed by atoms with van der Waals surface area (Å²) >= 11 is 0. The van der Waals surface area contributed by atoms with Crippen LogP contribution in [0.1, 0.15) is 37.3 Å². The lowest BCUT2D eigenvalue weighted by atomic mass is 10.0. The van der Waals surface area contributed by atoms with E-state index in [1.165, 1.54) is 6.07 Å². The van der Waals surface area contributed by atoms with Crippen molar-refractivity contribution >= 4 is 0 Å². The molecule has 0 saturated carbocycles. The first kappa shape index (κ1) is 16.8. The maximum atomic E-state index is 13.4. The number of benzene rings is 1. The van der Waals surface area contributed by atoms with Gasteiger partial charge in [-0.1, -0.05) is 12.1 Å². The van der Waals surface area contributed by atoms with Crippen LogP contribution in [0.2, 0.25) is 0 Å². The van der Waals surface area contributed by atoms with Gasteiger partial charge in [-0.2, -0.15) is 0 Å². The summed E-state index contributed by atoms with van der Waals surface area (Å²) in [5.41, 5.74) is 0.995. The van der Waals surface area contributed by atoms with Crippen LogP contribution in [0.3, 0.4) is 0 Å².